The molecule has 0 aliphatic rings. The Morgan fingerprint density at radius 1 is 0.833 bits per heavy atom. The number of hydrogen-bond acceptors (Lipinski definition) is 8. The van der Waals surface area contributed by atoms with Crippen LogP contribution in [0.15, 0.2) is 83.8 Å². The van der Waals surface area contributed by atoms with E-state index in [1.807, 2.05) is 31.2 Å². The summed E-state index contributed by atoms with van der Waals surface area (Å²) in [6.45, 7) is 8.89. The smallest absolute Gasteiger partial charge is 0.412 e. The van der Waals surface area contributed by atoms with E-state index in [4.69, 9.17) is 8.92 Å². The SMILES string of the molecule is Cc1ccc(S(=O)(=O)Oc2cc(CNC(=O)c3ccc(-c4ccc(NC(=O)OC(C)(C)C)cc4)cc3)nc(C)n2)cc1. The zero-order valence-electron chi connectivity index (χ0n) is 24.0. The fourth-order valence-corrected chi connectivity index (χ4v) is 4.73. The average Bonchev–Trinajstić information content (AvgIpc) is 2.91. The molecule has 0 radical (unpaired) electrons. The number of aryl methyl sites for hydroxylation is 2. The number of hydrogen-bond donors (Lipinski definition) is 2. The lowest BCUT2D eigenvalue weighted by molar-refractivity contribution is 0.0635. The van der Waals surface area contributed by atoms with Crippen molar-refractivity contribution in [3.05, 3.63) is 102 Å². The normalized spacial score (nSPS) is 11.5. The van der Waals surface area contributed by atoms with Crippen molar-refractivity contribution >= 4 is 27.8 Å². The Hall–Kier alpha value is -4.77. The molecule has 0 aliphatic heterocycles. The van der Waals surface area contributed by atoms with Crippen LogP contribution in [0.4, 0.5) is 10.5 Å². The summed E-state index contributed by atoms with van der Waals surface area (Å²) in [7, 11) is -4.08. The number of nitrogens with one attached hydrogen (secondary N) is 2. The first-order chi connectivity index (χ1) is 19.8. The maximum atomic E-state index is 12.8. The molecule has 0 saturated heterocycles. The van der Waals surface area contributed by atoms with E-state index in [9.17, 15) is 18.0 Å². The Balaban J connectivity index is 1.36. The van der Waals surface area contributed by atoms with E-state index in [1.165, 1.54) is 18.2 Å². The van der Waals surface area contributed by atoms with Gasteiger partial charge in [-0.1, -0.05) is 42.0 Å². The fraction of sp³-hybridized carbons (Fsp3) is 0.226. The molecule has 0 bridgehead atoms. The minimum atomic E-state index is -4.08. The van der Waals surface area contributed by atoms with Gasteiger partial charge in [-0.15, -0.1) is 0 Å². The van der Waals surface area contributed by atoms with Gasteiger partial charge in [-0.05, 0) is 82.1 Å². The van der Waals surface area contributed by atoms with Crippen LogP contribution in [0.5, 0.6) is 5.88 Å². The summed E-state index contributed by atoms with van der Waals surface area (Å²) in [5.74, 6) is -0.166. The maximum absolute atomic E-state index is 12.8. The number of rotatable bonds is 8. The first-order valence-electron chi connectivity index (χ1n) is 13.1. The van der Waals surface area contributed by atoms with Crippen molar-refractivity contribution in [3.63, 3.8) is 0 Å². The topological polar surface area (TPSA) is 137 Å². The van der Waals surface area contributed by atoms with Crippen LogP contribution in [-0.4, -0.2) is 36.0 Å². The first-order valence-corrected chi connectivity index (χ1v) is 14.5. The van der Waals surface area contributed by atoms with E-state index in [0.717, 1.165) is 16.7 Å². The Morgan fingerprint density at radius 2 is 1.43 bits per heavy atom. The molecule has 0 unspecified atom stereocenters. The highest BCUT2D eigenvalue weighted by Gasteiger charge is 2.19. The Kier molecular flexibility index (Phi) is 8.91. The average molecular weight is 589 g/mol. The van der Waals surface area contributed by atoms with Crippen LogP contribution in [-0.2, 0) is 21.4 Å². The highest BCUT2D eigenvalue weighted by atomic mass is 32.2. The predicted molar refractivity (Wildman–Crippen MR) is 159 cm³/mol. The molecule has 3 aromatic carbocycles. The molecule has 2 amide bonds. The van der Waals surface area contributed by atoms with Gasteiger partial charge in [0.15, 0.2) is 0 Å². The summed E-state index contributed by atoms with van der Waals surface area (Å²) in [5.41, 5.74) is 3.55. The van der Waals surface area contributed by atoms with Crippen LogP contribution in [0.25, 0.3) is 11.1 Å². The van der Waals surface area contributed by atoms with E-state index in [1.54, 1.807) is 64.1 Å². The van der Waals surface area contributed by atoms with Crippen molar-refractivity contribution in [2.24, 2.45) is 0 Å². The first kappa shape index (κ1) is 30.2. The molecule has 0 spiro atoms. The van der Waals surface area contributed by atoms with E-state index in [-0.39, 0.29) is 23.2 Å². The van der Waals surface area contributed by atoms with Gasteiger partial charge in [0, 0.05) is 17.3 Å². The number of amides is 2. The number of ether oxygens (including phenoxy) is 1. The molecule has 0 saturated carbocycles. The van der Waals surface area contributed by atoms with Crippen molar-refractivity contribution in [2.75, 3.05) is 5.32 Å². The molecule has 0 aliphatic carbocycles. The number of benzene rings is 3. The van der Waals surface area contributed by atoms with Crippen molar-refractivity contribution < 1.29 is 26.9 Å². The van der Waals surface area contributed by atoms with Gasteiger partial charge in [0.1, 0.15) is 16.3 Å². The van der Waals surface area contributed by atoms with Crippen LogP contribution in [0.3, 0.4) is 0 Å². The number of anilines is 1. The lowest BCUT2D eigenvalue weighted by atomic mass is 10.0. The number of carbonyl (C=O) groups excluding carboxylic acids is 2. The van der Waals surface area contributed by atoms with Crippen LogP contribution in [0.1, 0.15) is 48.2 Å². The zero-order valence-corrected chi connectivity index (χ0v) is 24.8. The molecular formula is C31H32N4O6S. The summed E-state index contributed by atoms with van der Waals surface area (Å²) >= 11 is 0. The van der Waals surface area contributed by atoms with E-state index in [0.29, 0.717) is 22.8 Å². The molecule has 0 fully saturated rings. The summed E-state index contributed by atoms with van der Waals surface area (Å²) in [4.78, 5) is 33.1. The van der Waals surface area contributed by atoms with E-state index < -0.39 is 21.8 Å². The van der Waals surface area contributed by atoms with E-state index >= 15 is 0 Å². The fourth-order valence-electron chi connectivity index (χ4n) is 3.85. The molecule has 42 heavy (non-hydrogen) atoms. The second-order valence-electron chi connectivity index (χ2n) is 10.6. The molecule has 4 rings (SSSR count). The third kappa shape index (κ3) is 8.37. The van der Waals surface area contributed by atoms with Gasteiger partial charge in [-0.25, -0.2) is 9.78 Å². The summed E-state index contributed by atoms with van der Waals surface area (Å²) in [6, 6.07) is 22.0. The molecule has 10 nitrogen and oxygen atoms in total. The van der Waals surface area contributed by atoms with Crippen molar-refractivity contribution in [3.8, 4) is 17.0 Å². The minimum absolute atomic E-state index is 0.0103. The molecule has 2 N–H and O–H groups in total. The van der Waals surface area contributed by atoms with Crippen molar-refractivity contribution in [1.29, 1.82) is 0 Å². The van der Waals surface area contributed by atoms with Crippen molar-refractivity contribution in [1.82, 2.24) is 15.3 Å². The van der Waals surface area contributed by atoms with Gasteiger partial charge in [-0.3, -0.25) is 10.1 Å². The quantitative estimate of drug-likeness (QED) is 0.246. The largest absolute Gasteiger partial charge is 0.444 e. The molecule has 11 heteroatoms. The summed E-state index contributed by atoms with van der Waals surface area (Å²) < 4.78 is 35.8. The Morgan fingerprint density at radius 3 is 2.02 bits per heavy atom. The van der Waals surface area contributed by atoms with E-state index in [2.05, 4.69) is 20.6 Å². The van der Waals surface area contributed by atoms with Crippen LogP contribution < -0.4 is 14.8 Å². The number of carbonyl (C=O) groups is 2. The Labute approximate surface area is 245 Å². The summed E-state index contributed by atoms with van der Waals surface area (Å²) in [5, 5.41) is 5.48. The van der Waals surface area contributed by atoms with Gasteiger partial charge in [0.05, 0.1) is 12.2 Å². The van der Waals surface area contributed by atoms with Gasteiger partial charge in [-0.2, -0.15) is 13.4 Å². The number of aromatic nitrogens is 2. The highest BCUT2D eigenvalue weighted by molar-refractivity contribution is 7.87. The lowest BCUT2D eigenvalue weighted by Crippen LogP contribution is -2.27. The maximum Gasteiger partial charge on any atom is 0.412 e. The second-order valence-corrected chi connectivity index (χ2v) is 12.1. The van der Waals surface area contributed by atoms with Gasteiger partial charge < -0.3 is 14.2 Å². The van der Waals surface area contributed by atoms with Crippen molar-refractivity contribution in [2.45, 2.75) is 51.7 Å². The number of nitrogens with zero attached hydrogens (tertiary/aromatic N) is 2. The predicted octanol–water partition coefficient (Wildman–Crippen LogP) is 5.81. The summed E-state index contributed by atoms with van der Waals surface area (Å²) in [6.07, 6.45) is -0.529. The monoisotopic (exact) mass is 588 g/mol. The molecule has 1 heterocycles. The molecular weight excluding hydrogens is 556 g/mol. The van der Waals surface area contributed by atoms with Crippen LogP contribution in [0, 0.1) is 13.8 Å². The molecule has 218 valence electrons. The standard InChI is InChI=1S/C31H32N4O6S/c1-20-6-16-27(17-7-20)42(38,39)41-28-18-26(33-21(2)34-28)19-32-29(36)24-10-8-22(9-11-24)23-12-14-25(15-13-23)35-30(37)40-31(3,4)5/h6-18H,19H2,1-5H3,(H,32,36)(H,35,37). The minimum Gasteiger partial charge on any atom is -0.444 e. The lowest BCUT2D eigenvalue weighted by Gasteiger charge is -2.19. The van der Waals surface area contributed by atoms with Crippen LogP contribution in [0.2, 0.25) is 0 Å². The second kappa shape index (κ2) is 12.4. The third-order valence-corrected chi connectivity index (χ3v) is 7.05. The zero-order chi connectivity index (χ0) is 30.5. The molecule has 4 aromatic rings. The molecule has 0 atom stereocenters. The van der Waals surface area contributed by atoms with Gasteiger partial charge >= 0.3 is 16.2 Å². The van der Waals surface area contributed by atoms with Gasteiger partial charge in [0.25, 0.3) is 5.91 Å². The van der Waals surface area contributed by atoms with Gasteiger partial charge in [0.2, 0.25) is 5.88 Å². The third-order valence-electron chi connectivity index (χ3n) is 5.81. The Bertz CT molecular complexity index is 1680. The molecule has 1 aromatic heterocycles. The highest BCUT2D eigenvalue weighted by Crippen LogP contribution is 2.23. The van der Waals surface area contributed by atoms with Crippen LogP contribution >= 0.6 is 0 Å².